The lowest BCUT2D eigenvalue weighted by Crippen LogP contribution is -2.38. The normalized spacial score (nSPS) is 16.5. The predicted molar refractivity (Wildman–Crippen MR) is 167 cm³/mol. The highest BCUT2D eigenvalue weighted by molar-refractivity contribution is 6.28. The lowest BCUT2D eigenvalue weighted by atomic mass is 9.98. The van der Waals surface area contributed by atoms with Crippen LogP contribution in [0.2, 0.25) is 5.28 Å². The fraction of sp³-hybridized carbons (Fsp3) is 0.556. The Labute approximate surface area is 265 Å². The molecule has 248 valence electrons. The standard InChI is InChI=1S/C13H20N6O3.C8H10ClN5O2.C6H12O/c1-7(11(14)21)16-10-6-9(12(15)22)17-13(18-10)19-4-2-8(20)3-5-19;1-3(6(10)15)12-5-2-4(7(11)16)13-8(9)14-5;7-6-4-2-1-3-5-6/h6-8,20H,2-5H2,1H3,(H2,14,21)(H2,15,22)(H,16,17,18);2-3H,1H3,(H2,10,15)(H2,11,16)(H,12,13,14);6-7H,1-5H2/t7-;3-;/m00./s1. The van der Waals surface area contributed by atoms with Gasteiger partial charge in [-0.05, 0) is 51.1 Å². The maximum atomic E-state index is 11.4. The predicted octanol–water partition coefficient (Wildman–Crippen LogP) is -0.352. The summed E-state index contributed by atoms with van der Waals surface area (Å²) >= 11 is 5.57. The lowest BCUT2D eigenvalue weighted by molar-refractivity contribution is -0.119. The lowest BCUT2D eigenvalue weighted by Gasteiger charge is -2.30. The Morgan fingerprint density at radius 1 is 0.756 bits per heavy atom. The van der Waals surface area contributed by atoms with Gasteiger partial charge in [-0.1, -0.05) is 19.3 Å². The van der Waals surface area contributed by atoms with Gasteiger partial charge < -0.3 is 48.7 Å². The van der Waals surface area contributed by atoms with Gasteiger partial charge in [0.1, 0.15) is 35.1 Å². The van der Waals surface area contributed by atoms with Crippen molar-refractivity contribution in [3.63, 3.8) is 0 Å². The van der Waals surface area contributed by atoms with Crippen molar-refractivity contribution in [1.82, 2.24) is 19.9 Å². The maximum Gasteiger partial charge on any atom is 0.267 e. The van der Waals surface area contributed by atoms with Crippen LogP contribution in [0.5, 0.6) is 0 Å². The summed E-state index contributed by atoms with van der Waals surface area (Å²) in [4.78, 5) is 61.9. The van der Waals surface area contributed by atoms with Gasteiger partial charge in [-0.2, -0.15) is 4.98 Å². The van der Waals surface area contributed by atoms with E-state index in [2.05, 4.69) is 30.6 Å². The van der Waals surface area contributed by atoms with Gasteiger partial charge in [-0.3, -0.25) is 19.2 Å². The molecule has 1 saturated heterocycles. The van der Waals surface area contributed by atoms with Gasteiger partial charge in [-0.25, -0.2) is 15.0 Å². The highest BCUT2D eigenvalue weighted by Crippen LogP contribution is 2.20. The van der Waals surface area contributed by atoms with Crippen molar-refractivity contribution in [2.24, 2.45) is 22.9 Å². The number of aliphatic hydroxyl groups excluding tert-OH is 2. The average molecular weight is 652 g/mol. The molecule has 2 aliphatic rings. The first-order chi connectivity index (χ1) is 21.2. The number of aliphatic hydroxyl groups is 2. The highest BCUT2D eigenvalue weighted by atomic mass is 35.5. The number of carbonyl (C=O) groups excluding carboxylic acids is 4. The second kappa shape index (κ2) is 17.8. The molecule has 4 amide bonds. The van der Waals surface area contributed by atoms with Gasteiger partial charge in [0.2, 0.25) is 23.0 Å². The maximum absolute atomic E-state index is 11.4. The Hall–Kier alpha value is -4.35. The molecule has 18 heteroatoms. The molecule has 3 heterocycles. The number of amides is 4. The molecule has 0 radical (unpaired) electrons. The molecule has 1 aliphatic heterocycles. The Balaban J connectivity index is 0.000000266. The first-order valence-electron chi connectivity index (χ1n) is 14.4. The molecule has 12 N–H and O–H groups in total. The molecule has 0 spiro atoms. The first-order valence-corrected chi connectivity index (χ1v) is 14.8. The number of nitrogens with zero attached hydrogens (tertiary/aromatic N) is 5. The molecule has 2 atom stereocenters. The van der Waals surface area contributed by atoms with Crippen LogP contribution in [0, 0.1) is 0 Å². The number of aromatic nitrogens is 4. The van der Waals surface area contributed by atoms with Crippen molar-refractivity contribution in [2.45, 2.75) is 83.1 Å². The van der Waals surface area contributed by atoms with Crippen LogP contribution in [0.25, 0.3) is 0 Å². The third kappa shape index (κ3) is 13.0. The Kier molecular flexibility index (Phi) is 14.6. The van der Waals surface area contributed by atoms with Crippen LogP contribution in [-0.4, -0.2) is 91.2 Å². The van der Waals surface area contributed by atoms with Gasteiger partial charge in [0.05, 0.1) is 12.2 Å². The minimum atomic E-state index is -0.737. The van der Waals surface area contributed by atoms with Crippen LogP contribution >= 0.6 is 11.6 Å². The molecule has 2 fully saturated rings. The third-order valence-corrected chi connectivity index (χ3v) is 6.99. The minimum Gasteiger partial charge on any atom is -0.393 e. The van der Waals surface area contributed by atoms with Crippen molar-refractivity contribution in [3.8, 4) is 0 Å². The zero-order valence-corrected chi connectivity index (χ0v) is 26.0. The number of halogens is 1. The summed E-state index contributed by atoms with van der Waals surface area (Å²) in [7, 11) is 0. The van der Waals surface area contributed by atoms with E-state index in [1.807, 2.05) is 4.90 Å². The quantitative estimate of drug-likeness (QED) is 0.161. The van der Waals surface area contributed by atoms with Gasteiger partial charge in [-0.15, -0.1) is 0 Å². The van der Waals surface area contributed by atoms with E-state index in [0.717, 1.165) is 12.8 Å². The molecule has 4 rings (SSSR count). The summed E-state index contributed by atoms with van der Waals surface area (Å²) in [5.74, 6) is -1.68. The van der Waals surface area contributed by atoms with E-state index in [1.54, 1.807) is 13.8 Å². The smallest absolute Gasteiger partial charge is 0.267 e. The fourth-order valence-electron chi connectivity index (χ4n) is 4.13. The van der Waals surface area contributed by atoms with Crippen LogP contribution in [0.15, 0.2) is 12.1 Å². The zero-order valence-electron chi connectivity index (χ0n) is 25.3. The summed E-state index contributed by atoms with van der Waals surface area (Å²) in [5, 5.41) is 23.8. The van der Waals surface area contributed by atoms with Crippen LogP contribution in [0.3, 0.4) is 0 Å². The second-order valence-corrected chi connectivity index (χ2v) is 11.0. The summed E-state index contributed by atoms with van der Waals surface area (Å²) in [6.45, 7) is 4.29. The monoisotopic (exact) mass is 651 g/mol. The van der Waals surface area contributed by atoms with Crippen molar-refractivity contribution >= 4 is 52.8 Å². The van der Waals surface area contributed by atoms with E-state index in [-0.39, 0.29) is 34.7 Å². The van der Waals surface area contributed by atoms with Crippen molar-refractivity contribution < 1.29 is 29.4 Å². The highest BCUT2D eigenvalue weighted by Gasteiger charge is 2.22. The summed E-state index contributed by atoms with van der Waals surface area (Å²) < 4.78 is 0. The Morgan fingerprint density at radius 2 is 1.20 bits per heavy atom. The summed E-state index contributed by atoms with van der Waals surface area (Å²) in [5.41, 5.74) is 20.6. The van der Waals surface area contributed by atoms with Crippen molar-refractivity contribution in [1.29, 1.82) is 0 Å². The number of primary amides is 4. The molecular weight excluding hydrogens is 610 g/mol. The van der Waals surface area contributed by atoms with Gasteiger partial charge in [0.15, 0.2) is 0 Å². The minimum absolute atomic E-state index is 0.0359. The number of nitrogens with two attached hydrogens (primary N) is 4. The molecule has 0 unspecified atom stereocenters. The number of anilines is 3. The van der Waals surface area contributed by atoms with Crippen LogP contribution in [0.1, 0.15) is 79.8 Å². The van der Waals surface area contributed by atoms with E-state index < -0.39 is 35.7 Å². The summed E-state index contributed by atoms with van der Waals surface area (Å²) in [6, 6.07) is 1.37. The Bertz CT molecular complexity index is 1320. The third-order valence-electron chi connectivity index (χ3n) is 6.82. The Morgan fingerprint density at radius 3 is 1.62 bits per heavy atom. The SMILES string of the molecule is C[C@H](Nc1cc(C(N)=O)nc(Cl)n1)C(N)=O.C[C@H](Nc1cc(C(N)=O)nc(N2CCC(O)CC2)n1)C(N)=O.OC1CCCCC1. The molecule has 2 aromatic heterocycles. The van der Waals surface area contributed by atoms with Crippen molar-refractivity contribution in [2.75, 3.05) is 28.6 Å². The van der Waals surface area contributed by atoms with Gasteiger partial charge >= 0.3 is 0 Å². The van der Waals surface area contributed by atoms with Gasteiger partial charge in [0, 0.05) is 25.2 Å². The molecular formula is C27H42ClN11O6. The fourth-order valence-corrected chi connectivity index (χ4v) is 4.31. The zero-order chi connectivity index (χ0) is 33.7. The number of nitrogens with one attached hydrogen (secondary N) is 2. The largest absolute Gasteiger partial charge is 0.393 e. The van der Waals surface area contributed by atoms with Crippen LogP contribution in [-0.2, 0) is 9.59 Å². The van der Waals surface area contributed by atoms with Gasteiger partial charge in [0.25, 0.3) is 11.8 Å². The molecule has 0 bridgehead atoms. The van der Waals surface area contributed by atoms with E-state index in [4.69, 9.17) is 39.6 Å². The second-order valence-electron chi connectivity index (χ2n) is 10.6. The van der Waals surface area contributed by atoms with Crippen LogP contribution < -0.4 is 38.5 Å². The van der Waals surface area contributed by atoms with E-state index in [1.165, 1.54) is 31.4 Å². The molecule has 1 aliphatic carbocycles. The molecule has 2 aromatic rings. The number of carbonyl (C=O) groups is 4. The van der Waals surface area contributed by atoms with E-state index >= 15 is 0 Å². The number of piperidine rings is 1. The summed E-state index contributed by atoms with van der Waals surface area (Å²) in [6.07, 6.45) is 6.80. The topological polar surface area (TPSA) is 292 Å². The molecule has 45 heavy (non-hydrogen) atoms. The van der Waals surface area contributed by atoms with Crippen LogP contribution in [0.4, 0.5) is 17.6 Å². The number of hydrogen-bond acceptors (Lipinski definition) is 13. The van der Waals surface area contributed by atoms with E-state index in [9.17, 15) is 24.3 Å². The first kappa shape index (κ1) is 36.8. The molecule has 1 saturated carbocycles. The number of rotatable bonds is 9. The van der Waals surface area contributed by atoms with E-state index in [0.29, 0.717) is 37.7 Å². The van der Waals surface area contributed by atoms with Crippen molar-refractivity contribution in [3.05, 3.63) is 28.8 Å². The number of hydrogen-bond donors (Lipinski definition) is 8. The average Bonchev–Trinajstić information content (AvgIpc) is 2.98. The molecule has 17 nitrogen and oxygen atoms in total. The molecule has 0 aromatic carbocycles.